The van der Waals surface area contributed by atoms with Crippen molar-refractivity contribution in [1.82, 2.24) is 0 Å². The highest BCUT2D eigenvalue weighted by molar-refractivity contribution is 7.87. The summed E-state index contributed by atoms with van der Waals surface area (Å²) in [7, 11) is -2.77. The molecule has 5 nitrogen and oxygen atoms in total. The van der Waals surface area contributed by atoms with Crippen LogP contribution in [0.3, 0.4) is 0 Å². The summed E-state index contributed by atoms with van der Waals surface area (Å²) in [6.07, 6.45) is 1.59. The van der Waals surface area contributed by atoms with Crippen LogP contribution in [0.1, 0.15) is 39.2 Å². The highest BCUT2D eigenvalue weighted by atomic mass is 32.2. The lowest BCUT2D eigenvalue weighted by Gasteiger charge is -2.23. The minimum Gasteiger partial charge on any atom is -0.324 e. The number of hydrogen-bond donors (Lipinski definition) is 1. The molecule has 0 saturated carbocycles. The Kier molecular flexibility index (Phi) is 5.53. The molecule has 1 aromatic carbocycles. The molecule has 0 radical (unpaired) electrons. The van der Waals surface area contributed by atoms with Gasteiger partial charge < -0.3 is 5.32 Å². The standard InChI is InChI=1S/C15H23NO4S/c1-6-9-15(3,4)14(17)16-12-8-7-11(2)10-13(12)21(18,19)20-5/h7-8,10H,6,9H2,1-5H3,(H,16,17). The van der Waals surface area contributed by atoms with E-state index in [2.05, 4.69) is 9.50 Å². The fourth-order valence-corrected chi connectivity index (χ4v) is 2.96. The molecule has 0 aliphatic carbocycles. The van der Waals surface area contributed by atoms with Crippen LogP contribution < -0.4 is 5.32 Å². The lowest BCUT2D eigenvalue weighted by molar-refractivity contribution is -0.124. The van der Waals surface area contributed by atoms with E-state index in [1.807, 2.05) is 20.8 Å². The topological polar surface area (TPSA) is 72.5 Å². The van der Waals surface area contributed by atoms with E-state index >= 15 is 0 Å². The van der Waals surface area contributed by atoms with E-state index in [1.54, 1.807) is 19.1 Å². The third-order valence-electron chi connectivity index (χ3n) is 3.36. The van der Waals surface area contributed by atoms with Crippen molar-refractivity contribution in [3.8, 4) is 0 Å². The number of carbonyl (C=O) groups is 1. The van der Waals surface area contributed by atoms with E-state index in [0.717, 1.165) is 25.5 Å². The van der Waals surface area contributed by atoms with E-state index in [4.69, 9.17) is 0 Å². The fourth-order valence-electron chi connectivity index (χ4n) is 2.06. The Morgan fingerprint density at radius 1 is 1.33 bits per heavy atom. The number of aryl methyl sites for hydroxylation is 1. The number of hydrogen-bond acceptors (Lipinski definition) is 4. The van der Waals surface area contributed by atoms with Crippen LogP contribution in [-0.2, 0) is 19.1 Å². The summed E-state index contributed by atoms with van der Waals surface area (Å²) >= 11 is 0. The van der Waals surface area contributed by atoms with Crippen LogP contribution in [0.4, 0.5) is 5.69 Å². The van der Waals surface area contributed by atoms with Crippen LogP contribution in [0.5, 0.6) is 0 Å². The summed E-state index contributed by atoms with van der Waals surface area (Å²) in [4.78, 5) is 12.3. The van der Waals surface area contributed by atoms with Gasteiger partial charge in [0.2, 0.25) is 5.91 Å². The molecule has 0 bridgehead atoms. The summed E-state index contributed by atoms with van der Waals surface area (Å²) in [6.45, 7) is 7.46. The molecule has 0 spiro atoms. The lowest BCUT2D eigenvalue weighted by Crippen LogP contribution is -2.31. The molecular weight excluding hydrogens is 290 g/mol. The van der Waals surface area contributed by atoms with Gasteiger partial charge in [-0.2, -0.15) is 8.42 Å². The third kappa shape index (κ3) is 4.28. The Balaban J connectivity index is 3.18. The van der Waals surface area contributed by atoms with Gasteiger partial charge in [-0.3, -0.25) is 8.98 Å². The number of benzene rings is 1. The minimum atomic E-state index is -3.87. The second-order valence-corrected chi connectivity index (χ2v) is 7.39. The van der Waals surface area contributed by atoms with Crippen molar-refractivity contribution in [3.63, 3.8) is 0 Å². The van der Waals surface area contributed by atoms with Crippen molar-refractivity contribution in [2.75, 3.05) is 12.4 Å². The maximum absolute atomic E-state index is 12.3. The Morgan fingerprint density at radius 3 is 2.48 bits per heavy atom. The monoisotopic (exact) mass is 313 g/mol. The van der Waals surface area contributed by atoms with Crippen molar-refractivity contribution in [2.24, 2.45) is 5.41 Å². The minimum absolute atomic E-state index is 0.0225. The van der Waals surface area contributed by atoms with Crippen molar-refractivity contribution in [3.05, 3.63) is 23.8 Å². The second kappa shape index (κ2) is 6.58. The predicted molar refractivity (Wildman–Crippen MR) is 82.7 cm³/mol. The van der Waals surface area contributed by atoms with Crippen LogP contribution in [0.25, 0.3) is 0 Å². The van der Waals surface area contributed by atoms with Crippen molar-refractivity contribution >= 4 is 21.7 Å². The molecule has 0 unspecified atom stereocenters. The quantitative estimate of drug-likeness (QED) is 0.819. The molecule has 0 aromatic heterocycles. The van der Waals surface area contributed by atoms with Gasteiger partial charge in [-0.05, 0) is 31.0 Å². The Labute approximate surface area is 126 Å². The van der Waals surface area contributed by atoms with E-state index < -0.39 is 15.5 Å². The van der Waals surface area contributed by atoms with Gasteiger partial charge in [0, 0.05) is 5.41 Å². The van der Waals surface area contributed by atoms with Crippen LogP contribution in [-0.4, -0.2) is 21.4 Å². The molecule has 1 N–H and O–H groups in total. The van der Waals surface area contributed by atoms with Crippen molar-refractivity contribution in [1.29, 1.82) is 0 Å². The molecule has 118 valence electrons. The normalized spacial score (nSPS) is 12.2. The lowest BCUT2D eigenvalue weighted by atomic mass is 9.87. The molecule has 0 aliphatic heterocycles. The van der Waals surface area contributed by atoms with Gasteiger partial charge >= 0.3 is 0 Å². The first-order chi connectivity index (χ1) is 9.64. The molecular formula is C15H23NO4S. The number of amides is 1. The molecule has 0 heterocycles. The van der Waals surface area contributed by atoms with Gasteiger partial charge in [0.25, 0.3) is 10.1 Å². The van der Waals surface area contributed by atoms with Gasteiger partial charge in [0.1, 0.15) is 4.90 Å². The van der Waals surface area contributed by atoms with Crippen LogP contribution in [0, 0.1) is 12.3 Å². The summed E-state index contributed by atoms with van der Waals surface area (Å²) in [5.41, 5.74) is 0.460. The Morgan fingerprint density at radius 2 is 1.95 bits per heavy atom. The highest BCUT2D eigenvalue weighted by Gasteiger charge is 2.28. The molecule has 0 saturated heterocycles. The van der Waals surface area contributed by atoms with Crippen molar-refractivity contribution in [2.45, 2.75) is 45.4 Å². The Bertz CT molecular complexity index is 621. The molecule has 0 fully saturated rings. The van der Waals surface area contributed by atoms with Gasteiger partial charge in [-0.1, -0.05) is 33.3 Å². The number of rotatable bonds is 6. The van der Waals surface area contributed by atoms with E-state index in [-0.39, 0.29) is 16.5 Å². The first-order valence-electron chi connectivity index (χ1n) is 6.87. The van der Waals surface area contributed by atoms with Crippen LogP contribution in [0.2, 0.25) is 0 Å². The third-order valence-corrected chi connectivity index (χ3v) is 4.68. The summed E-state index contributed by atoms with van der Waals surface area (Å²) in [6, 6.07) is 4.82. The molecule has 0 atom stereocenters. The average molecular weight is 313 g/mol. The summed E-state index contributed by atoms with van der Waals surface area (Å²) < 4.78 is 28.5. The Hall–Kier alpha value is -1.40. The van der Waals surface area contributed by atoms with Gasteiger partial charge in [0.05, 0.1) is 12.8 Å². The fraction of sp³-hybridized carbons (Fsp3) is 0.533. The first kappa shape index (κ1) is 17.7. The molecule has 1 rings (SSSR count). The van der Waals surface area contributed by atoms with Gasteiger partial charge in [0.15, 0.2) is 0 Å². The molecule has 1 amide bonds. The van der Waals surface area contributed by atoms with E-state index in [1.165, 1.54) is 6.07 Å². The summed E-state index contributed by atoms with van der Waals surface area (Å²) in [5.74, 6) is -0.208. The zero-order chi connectivity index (χ0) is 16.3. The summed E-state index contributed by atoms with van der Waals surface area (Å²) in [5, 5.41) is 2.71. The molecule has 6 heteroatoms. The number of nitrogens with one attached hydrogen (secondary N) is 1. The maximum Gasteiger partial charge on any atom is 0.298 e. The van der Waals surface area contributed by atoms with Crippen LogP contribution in [0.15, 0.2) is 23.1 Å². The molecule has 21 heavy (non-hydrogen) atoms. The maximum atomic E-state index is 12.3. The largest absolute Gasteiger partial charge is 0.324 e. The van der Waals surface area contributed by atoms with E-state index in [0.29, 0.717) is 0 Å². The smallest absolute Gasteiger partial charge is 0.298 e. The van der Waals surface area contributed by atoms with Crippen LogP contribution >= 0.6 is 0 Å². The van der Waals surface area contributed by atoms with Gasteiger partial charge in [-0.25, -0.2) is 0 Å². The zero-order valence-corrected chi connectivity index (χ0v) is 14.0. The van der Waals surface area contributed by atoms with E-state index in [9.17, 15) is 13.2 Å². The first-order valence-corrected chi connectivity index (χ1v) is 8.27. The van der Waals surface area contributed by atoms with Crippen molar-refractivity contribution < 1.29 is 17.4 Å². The second-order valence-electron chi connectivity index (χ2n) is 5.71. The number of anilines is 1. The highest BCUT2D eigenvalue weighted by Crippen LogP contribution is 2.28. The zero-order valence-electron chi connectivity index (χ0n) is 13.2. The molecule has 0 aliphatic rings. The average Bonchev–Trinajstić information content (AvgIpc) is 2.40. The predicted octanol–water partition coefficient (Wildman–Crippen LogP) is 3.09. The number of carbonyl (C=O) groups excluding carboxylic acids is 1. The SMILES string of the molecule is CCCC(C)(C)C(=O)Nc1ccc(C)cc1S(=O)(=O)OC. The van der Waals surface area contributed by atoms with Gasteiger partial charge in [-0.15, -0.1) is 0 Å². The molecule has 1 aromatic rings.